The molecule has 3 N–H and O–H groups in total. The van der Waals surface area contributed by atoms with Crippen LogP contribution in [0.3, 0.4) is 0 Å². The van der Waals surface area contributed by atoms with Crippen LogP contribution in [0, 0.1) is 0 Å². The monoisotopic (exact) mass is 258 g/mol. The molecule has 0 aromatic carbocycles. The van der Waals surface area contributed by atoms with E-state index in [1.807, 2.05) is 0 Å². The average Bonchev–Trinajstić information content (AvgIpc) is 1.19. The van der Waals surface area contributed by atoms with Crippen LogP contribution in [-0.2, 0) is 20.8 Å². The van der Waals surface area contributed by atoms with Crippen molar-refractivity contribution in [3.05, 3.63) is 0 Å². The Morgan fingerprint density at radius 1 is 1.36 bits per heavy atom. The molecule has 0 spiro atoms. The molecule has 0 aliphatic carbocycles. The van der Waals surface area contributed by atoms with Crippen molar-refractivity contribution in [2.75, 3.05) is 0 Å². The summed E-state index contributed by atoms with van der Waals surface area (Å²) in [6.07, 6.45) is 0. The van der Waals surface area contributed by atoms with Gasteiger partial charge in [0.2, 0.25) is 0 Å². The van der Waals surface area contributed by atoms with Crippen molar-refractivity contribution in [1.82, 2.24) is 0 Å². The molecule has 11 heteroatoms. The van der Waals surface area contributed by atoms with Gasteiger partial charge in [0.25, 0.3) is 0 Å². The summed E-state index contributed by atoms with van der Waals surface area (Å²) in [6.45, 7) is 0. The molecule has 60 valence electrons. The summed E-state index contributed by atoms with van der Waals surface area (Å²) in [7, 11) is -6.95. The summed E-state index contributed by atoms with van der Waals surface area (Å²) in [6, 6.07) is 0. The summed E-state index contributed by atoms with van der Waals surface area (Å²) < 4.78 is 26.7. The first kappa shape index (κ1) is 23.8. The van der Waals surface area contributed by atoms with E-state index in [0.717, 1.165) is 0 Å². The summed E-state index contributed by atoms with van der Waals surface area (Å²) in [5.74, 6) is 0. The minimum atomic E-state index is -4.33. The van der Waals surface area contributed by atoms with Crippen molar-refractivity contribution in [1.29, 1.82) is 0 Å². The van der Waals surface area contributed by atoms with Crippen LogP contribution < -0.4 is 51.4 Å². The number of hydrogen-bond acceptors (Lipinski definition) is 7. The second-order valence-corrected chi connectivity index (χ2v) is 3.25. The standard InChI is InChI=1S/K.Na.H3O3P.H2O3S2.H/c;;1-4(2)3;1-5(2,3)4;/h;;1-3H;(H2,1,2,3,4);/q+1;;;;/p-1. The molecule has 0 heterocycles. The molecule has 6 nitrogen and oxygen atoms in total. The van der Waals surface area contributed by atoms with Gasteiger partial charge >= 0.3 is 91.0 Å². The van der Waals surface area contributed by atoms with E-state index in [1.165, 1.54) is 0 Å². The van der Waals surface area contributed by atoms with Crippen molar-refractivity contribution in [2.24, 2.45) is 0 Å². The van der Waals surface area contributed by atoms with Crippen LogP contribution in [0.4, 0.5) is 0 Å². The Labute approximate surface area is 137 Å². The summed E-state index contributed by atoms with van der Waals surface area (Å²) >= 11 is 3.24. The molecule has 0 saturated carbocycles. The third kappa shape index (κ3) is 161. The van der Waals surface area contributed by atoms with Crippen LogP contribution >= 0.6 is 8.60 Å². The van der Waals surface area contributed by atoms with E-state index in [1.54, 1.807) is 0 Å². The van der Waals surface area contributed by atoms with E-state index in [4.69, 9.17) is 27.7 Å². The molecule has 0 rings (SSSR count). The van der Waals surface area contributed by atoms with Crippen LogP contribution in [-0.4, -0.2) is 57.2 Å². The van der Waals surface area contributed by atoms with Crippen molar-refractivity contribution >= 4 is 59.0 Å². The van der Waals surface area contributed by atoms with Gasteiger partial charge in [-0.25, -0.2) is 0 Å². The summed E-state index contributed by atoms with van der Waals surface area (Å²) in [4.78, 5) is 21.7. The first-order chi connectivity index (χ1) is 3.73. The molecule has 0 aliphatic heterocycles. The van der Waals surface area contributed by atoms with Gasteiger partial charge in [-0.15, -0.1) is 0 Å². The molecule has 0 aliphatic rings. The Bertz CT molecular complexity index is 137. The van der Waals surface area contributed by atoms with Gasteiger partial charge in [0.05, 0.1) is 0 Å². The van der Waals surface area contributed by atoms with Gasteiger partial charge in [0.15, 0.2) is 0 Å². The maximum atomic E-state index is 8.89. The van der Waals surface area contributed by atoms with E-state index in [9.17, 15) is 0 Å². The van der Waals surface area contributed by atoms with E-state index in [0.29, 0.717) is 0 Å². The molecule has 0 amide bonds. The predicted molar refractivity (Wildman–Crippen MR) is 38.9 cm³/mol. The zero-order valence-electron chi connectivity index (χ0n) is 5.83. The third-order valence-corrected chi connectivity index (χ3v) is 0. The fourth-order valence-electron chi connectivity index (χ4n) is 0. The molecular weight excluding hydrogens is 253 g/mol. The van der Waals surface area contributed by atoms with Crippen LogP contribution in [0.2, 0.25) is 0 Å². The van der Waals surface area contributed by atoms with Gasteiger partial charge in [-0.1, -0.05) is 0 Å². The number of hydrogen-bond donors (Lipinski definition) is 3. The van der Waals surface area contributed by atoms with Gasteiger partial charge in [-0.2, -0.15) is 0 Å². The number of rotatable bonds is 0. The van der Waals surface area contributed by atoms with Gasteiger partial charge in [0.1, 0.15) is 0 Å². The topological polar surface area (TPSA) is 118 Å². The van der Waals surface area contributed by atoms with Crippen LogP contribution in [0.5, 0.6) is 0 Å². The van der Waals surface area contributed by atoms with Crippen molar-refractivity contribution in [3.63, 3.8) is 0 Å². The van der Waals surface area contributed by atoms with Gasteiger partial charge < -0.3 is 30.9 Å². The molecular formula is H5KNaO6PS2. The van der Waals surface area contributed by atoms with Gasteiger partial charge in [0, 0.05) is 0 Å². The first-order valence-corrected chi connectivity index (χ1v) is 4.80. The predicted octanol–water partition coefficient (Wildman–Crippen LogP) is -5.35. The SMILES string of the molecule is O=S(=O)([O-])[S-].OP(O)O.[H+].[K+].[NaH]. The Morgan fingerprint density at radius 3 is 1.36 bits per heavy atom. The van der Waals surface area contributed by atoms with Crippen LogP contribution in [0.1, 0.15) is 1.43 Å². The van der Waals surface area contributed by atoms with Crippen LogP contribution in [0.15, 0.2) is 0 Å². The molecule has 0 fully saturated rings. The molecule has 0 saturated heterocycles. The quantitative estimate of drug-likeness (QED) is 0.130. The average molecular weight is 258 g/mol. The first-order valence-electron chi connectivity index (χ1n) is 1.27. The zero-order chi connectivity index (χ0) is 8.08. The summed E-state index contributed by atoms with van der Waals surface area (Å²) in [5.41, 5.74) is 0. The fourth-order valence-corrected chi connectivity index (χ4v) is 0. The van der Waals surface area contributed by atoms with Crippen LogP contribution in [0.25, 0.3) is 0 Å². The van der Waals surface area contributed by atoms with E-state index in [-0.39, 0.29) is 82.4 Å². The van der Waals surface area contributed by atoms with Crippen molar-refractivity contribution < 1.29 is 80.5 Å². The Balaban J connectivity index is -0.0000000221. The van der Waals surface area contributed by atoms with Gasteiger partial charge in [-0.3, -0.25) is 8.42 Å². The van der Waals surface area contributed by atoms with Crippen molar-refractivity contribution in [2.45, 2.75) is 0 Å². The molecule has 0 unspecified atom stereocenters. The second-order valence-electron chi connectivity index (χ2n) is 0.677. The van der Waals surface area contributed by atoms with Gasteiger partial charge in [-0.05, 0) is 9.15 Å². The molecule has 0 atom stereocenters. The minimum absolute atomic E-state index is 0. The molecule has 0 aromatic heterocycles. The Morgan fingerprint density at radius 2 is 1.36 bits per heavy atom. The van der Waals surface area contributed by atoms with Crippen molar-refractivity contribution in [3.8, 4) is 0 Å². The molecule has 11 heavy (non-hydrogen) atoms. The van der Waals surface area contributed by atoms with E-state index < -0.39 is 17.8 Å². The van der Waals surface area contributed by atoms with E-state index in [2.05, 4.69) is 11.7 Å². The molecule has 0 radical (unpaired) electrons. The van der Waals surface area contributed by atoms with E-state index >= 15 is 0 Å². The third-order valence-electron chi connectivity index (χ3n) is 0. The Hall–Kier alpha value is 3.21. The zero-order valence-corrected chi connectivity index (χ0v) is 10.5. The maximum absolute atomic E-state index is 8.89. The fraction of sp³-hybridized carbons (Fsp3) is 0. The molecule has 0 aromatic rings. The second kappa shape index (κ2) is 13.2. The Kier molecular flexibility index (Phi) is 28.6. The summed E-state index contributed by atoms with van der Waals surface area (Å²) in [5, 5.41) is 0. The normalized spacial score (nSPS) is 8.55. The molecule has 0 bridgehead atoms.